The SMILES string of the molecule is CCCNC(C)c1ccc(OC)cc1OCC(N)=O. The smallest absolute Gasteiger partial charge is 0.255 e. The van der Waals surface area contributed by atoms with Crippen molar-refractivity contribution in [1.29, 1.82) is 0 Å². The van der Waals surface area contributed by atoms with Crippen molar-refractivity contribution >= 4 is 5.91 Å². The second-order valence-corrected chi connectivity index (χ2v) is 4.33. The van der Waals surface area contributed by atoms with Crippen LogP contribution in [0.3, 0.4) is 0 Å². The van der Waals surface area contributed by atoms with E-state index in [9.17, 15) is 4.79 Å². The number of ether oxygens (including phenoxy) is 2. The fourth-order valence-electron chi connectivity index (χ4n) is 1.74. The van der Waals surface area contributed by atoms with Crippen molar-refractivity contribution in [1.82, 2.24) is 5.32 Å². The van der Waals surface area contributed by atoms with Crippen molar-refractivity contribution in [2.75, 3.05) is 20.3 Å². The van der Waals surface area contributed by atoms with Gasteiger partial charge in [0, 0.05) is 17.7 Å². The van der Waals surface area contributed by atoms with Gasteiger partial charge in [0.05, 0.1) is 7.11 Å². The van der Waals surface area contributed by atoms with Gasteiger partial charge in [0.1, 0.15) is 11.5 Å². The molecule has 1 aromatic rings. The number of amides is 1. The molecular weight excluding hydrogens is 244 g/mol. The number of nitrogens with one attached hydrogen (secondary N) is 1. The Labute approximate surface area is 114 Å². The van der Waals surface area contributed by atoms with Crippen LogP contribution in [0.4, 0.5) is 0 Å². The van der Waals surface area contributed by atoms with E-state index in [0.29, 0.717) is 11.5 Å². The maximum absolute atomic E-state index is 10.8. The minimum atomic E-state index is -0.497. The lowest BCUT2D eigenvalue weighted by Crippen LogP contribution is -2.23. The number of rotatable bonds is 8. The fourth-order valence-corrected chi connectivity index (χ4v) is 1.74. The van der Waals surface area contributed by atoms with E-state index in [4.69, 9.17) is 15.2 Å². The molecule has 0 saturated heterocycles. The average molecular weight is 266 g/mol. The van der Waals surface area contributed by atoms with E-state index in [1.807, 2.05) is 12.1 Å². The third-order valence-corrected chi connectivity index (χ3v) is 2.76. The quantitative estimate of drug-likeness (QED) is 0.750. The Kier molecular flexibility index (Phi) is 6.15. The van der Waals surface area contributed by atoms with Crippen LogP contribution in [0.1, 0.15) is 31.9 Å². The van der Waals surface area contributed by atoms with Crippen LogP contribution in [0, 0.1) is 0 Å². The van der Waals surface area contributed by atoms with E-state index in [1.165, 1.54) is 0 Å². The van der Waals surface area contributed by atoms with Gasteiger partial charge >= 0.3 is 0 Å². The van der Waals surface area contributed by atoms with E-state index < -0.39 is 5.91 Å². The number of methoxy groups -OCH3 is 1. The minimum absolute atomic E-state index is 0.133. The summed E-state index contributed by atoms with van der Waals surface area (Å²) in [7, 11) is 1.59. The molecule has 1 rings (SSSR count). The molecule has 3 N–H and O–H groups in total. The van der Waals surface area contributed by atoms with Crippen LogP contribution in [-0.4, -0.2) is 26.2 Å². The second-order valence-electron chi connectivity index (χ2n) is 4.33. The Hall–Kier alpha value is -1.75. The second kappa shape index (κ2) is 7.63. The molecule has 0 aliphatic heterocycles. The van der Waals surface area contributed by atoms with Gasteiger partial charge in [0.25, 0.3) is 5.91 Å². The van der Waals surface area contributed by atoms with E-state index in [0.717, 1.165) is 18.5 Å². The summed E-state index contributed by atoms with van der Waals surface area (Å²) in [5, 5.41) is 3.38. The van der Waals surface area contributed by atoms with Gasteiger partial charge in [0.2, 0.25) is 0 Å². The summed E-state index contributed by atoms with van der Waals surface area (Å²) in [6.07, 6.45) is 1.05. The monoisotopic (exact) mass is 266 g/mol. The Bertz CT molecular complexity index is 421. The molecule has 0 radical (unpaired) electrons. The summed E-state index contributed by atoms with van der Waals surface area (Å²) >= 11 is 0. The summed E-state index contributed by atoms with van der Waals surface area (Å²) in [6.45, 7) is 4.94. The van der Waals surface area contributed by atoms with Crippen LogP contribution in [0.5, 0.6) is 11.5 Å². The van der Waals surface area contributed by atoms with Gasteiger partial charge in [0.15, 0.2) is 6.61 Å². The highest BCUT2D eigenvalue weighted by Crippen LogP contribution is 2.29. The van der Waals surface area contributed by atoms with Crippen LogP contribution in [0.25, 0.3) is 0 Å². The normalized spacial score (nSPS) is 11.9. The first-order valence-electron chi connectivity index (χ1n) is 6.40. The van der Waals surface area contributed by atoms with Crippen molar-refractivity contribution in [2.24, 2.45) is 5.73 Å². The van der Waals surface area contributed by atoms with E-state index in [-0.39, 0.29) is 12.6 Å². The van der Waals surface area contributed by atoms with Crippen LogP contribution in [0.2, 0.25) is 0 Å². The van der Waals surface area contributed by atoms with E-state index in [1.54, 1.807) is 13.2 Å². The lowest BCUT2D eigenvalue weighted by Gasteiger charge is -2.18. The van der Waals surface area contributed by atoms with Gasteiger partial charge in [-0.05, 0) is 26.0 Å². The number of hydrogen-bond donors (Lipinski definition) is 2. The predicted octanol–water partition coefficient (Wildman–Crippen LogP) is 1.62. The summed E-state index contributed by atoms with van der Waals surface area (Å²) < 4.78 is 10.6. The zero-order valence-electron chi connectivity index (χ0n) is 11.7. The highest BCUT2D eigenvalue weighted by Gasteiger charge is 2.13. The maximum Gasteiger partial charge on any atom is 0.255 e. The molecule has 1 unspecified atom stereocenters. The van der Waals surface area contributed by atoms with Crippen LogP contribution in [-0.2, 0) is 4.79 Å². The Balaban J connectivity index is 2.90. The number of primary amides is 1. The predicted molar refractivity (Wildman–Crippen MR) is 74.4 cm³/mol. The number of hydrogen-bond acceptors (Lipinski definition) is 4. The zero-order chi connectivity index (χ0) is 14.3. The third-order valence-electron chi connectivity index (χ3n) is 2.76. The topological polar surface area (TPSA) is 73.6 Å². The van der Waals surface area contributed by atoms with E-state index >= 15 is 0 Å². The van der Waals surface area contributed by atoms with Gasteiger partial charge in [-0.1, -0.05) is 13.0 Å². The molecule has 1 amide bonds. The third kappa shape index (κ3) is 4.79. The summed E-state index contributed by atoms with van der Waals surface area (Å²) in [6, 6.07) is 5.70. The Morgan fingerprint density at radius 3 is 2.79 bits per heavy atom. The molecule has 106 valence electrons. The van der Waals surface area contributed by atoms with Crippen LogP contribution >= 0.6 is 0 Å². The molecule has 5 heteroatoms. The fraction of sp³-hybridized carbons (Fsp3) is 0.500. The molecule has 0 bridgehead atoms. The number of nitrogens with two attached hydrogens (primary N) is 1. The van der Waals surface area contributed by atoms with E-state index in [2.05, 4.69) is 19.2 Å². The minimum Gasteiger partial charge on any atom is -0.497 e. The van der Waals surface area contributed by atoms with Gasteiger partial charge in [-0.3, -0.25) is 4.79 Å². The van der Waals surface area contributed by atoms with Crippen LogP contribution in [0.15, 0.2) is 18.2 Å². The van der Waals surface area contributed by atoms with Crippen molar-refractivity contribution < 1.29 is 14.3 Å². The Morgan fingerprint density at radius 1 is 1.47 bits per heavy atom. The standard InChI is InChI=1S/C14H22N2O3/c1-4-7-16-10(2)12-6-5-11(18-3)8-13(12)19-9-14(15)17/h5-6,8,10,16H,4,7,9H2,1-3H3,(H2,15,17). The molecule has 0 aliphatic rings. The first kappa shape index (κ1) is 15.3. The van der Waals surface area contributed by atoms with Gasteiger partial charge in [-0.2, -0.15) is 0 Å². The highest BCUT2D eigenvalue weighted by atomic mass is 16.5. The molecule has 1 aromatic carbocycles. The summed E-state index contributed by atoms with van der Waals surface area (Å²) in [5.74, 6) is 0.808. The van der Waals surface area contributed by atoms with Crippen LogP contribution < -0.4 is 20.5 Å². The lowest BCUT2D eigenvalue weighted by molar-refractivity contribution is -0.119. The zero-order valence-corrected chi connectivity index (χ0v) is 11.7. The number of carbonyl (C=O) groups is 1. The molecule has 5 nitrogen and oxygen atoms in total. The molecular formula is C14H22N2O3. The highest BCUT2D eigenvalue weighted by molar-refractivity contribution is 5.75. The molecule has 0 spiro atoms. The van der Waals surface area contributed by atoms with Crippen molar-refractivity contribution in [2.45, 2.75) is 26.3 Å². The molecule has 19 heavy (non-hydrogen) atoms. The van der Waals surface area contributed by atoms with Crippen molar-refractivity contribution in [3.63, 3.8) is 0 Å². The molecule has 0 heterocycles. The van der Waals surface area contributed by atoms with Gasteiger partial charge in [-0.25, -0.2) is 0 Å². The molecule has 0 aliphatic carbocycles. The molecule has 0 saturated carbocycles. The number of carbonyl (C=O) groups excluding carboxylic acids is 1. The van der Waals surface area contributed by atoms with Gasteiger partial charge < -0.3 is 20.5 Å². The molecule has 0 aromatic heterocycles. The molecule has 0 fully saturated rings. The Morgan fingerprint density at radius 2 is 2.21 bits per heavy atom. The number of benzene rings is 1. The lowest BCUT2D eigenvalue weighted by atomic mass is 10.1. The molecule has 1 atom stereocenters. The van der Waals surface area contributed by atoms with Crippen molar-refractivity contribution in [3.05, 3.63) is 23.8 Å². The first-order valence-corrected chi connectivity index (χ1v) is 6.40. The first-order chi connectivity index (χ1) is 9.08. The summed E-state index contributed by atoms with van der Waals surface area (Å²) in [5.41, 5.74) is 6.09. The van der Waals surface area contributed by atoms with Crippen molar-refractivity contribution in [3.8, 4) is 11.5 Å². The van der Waals surface area contributed by atoms with Gasteiger partial charge in [-0.15, -0.1) is 0 Å². The largest absolute Gasteiger partial charge is 0.497 e. The average Bonchev–Trinajstić information content (AvgIpc) is 2.42. The maximum atomic E-state index is 10.8. The summed E-state index contributed by atoms with van der Waals surface area (Å²) in [4.78, 5) is 10.8.